The van der Waals surface area contributed by atoms with Gasteiger partial charge in [0.15, 0.2) is 11.8 Å². The van der Waals surface area contributed by atoms with Crippen molar-refractivity contribution in [2.24, 2.45) is 0 Å². The third-order valence-corrected chi connectivity index (χ3v) is 110. The molecule has 0 radical (unpaired) electrons. The first-order chi connectivity index (χ1) is 5.62. The minimum Gasteiger partial charge on any atom is -0.198 e. The maximum atomic E-state index is 2.68. The molecule has 2 saturated heterocycles. The van der Waals surface area contributed by atoms with Crippen molar-refractivity contribution in [3.05, 3.63) is 0 Å². The van der Waals surface area contributed by atoms with Crippen LogP contribution in [-0.2, 0) is 0 Å². The first kappa shape index (κ1) is 11.4. The average Bonchev–Trinajstić information content (AvgIpc) is 2.05. The van der Waals surface area contributed by atoms with E-state index in [2.05, 4.69) is 71.3 Å². The molecule has 2 bridgehead atoms. The van der Waals surface area contributed by atoms with Gasteiger partial charge >= 0.3 is 0 Å². The highest BCUT2D eigenvalue weighted by Gasteiger charge is 2.73. The van der Waals surface area contributed by atoms with Crippen molar-refractivity contribution in [3.8, 4) is 0 Å². The van der Waals surface area contributed by atoms with Gasteiger partial charge in [0.2, 0.25) is 0 Å². The molecule has 0 amide bonds. The lowest BCUT2D eigenvalue weighted by atomic mass is 11.9. The van der Waals surface area contributed by atoms with E-state index in [-0.39, 0.29) is 0 Å². The molecule has 0 saturated carbocycles. The van der Waals surface area contributed by atoms with Gasteiger partial charge < -0.3 is 0 Å². The fourth-order valence-electron chi connectivity index (χ4n) is 2.06. The van der Waals surface area contributed by atoms with E-state index < -0.39 is 25.3 Å². The van der Waals surface area contributed by atoms with Crippen LogP contribution in [0.4, 0.5) is 0 Å². The Labute approximate surface area is 95.9 Å². The zero-order chi connectivity index (χ0) is 10.1. The van der Waals surface area contributed by atoms with Gasteiger partial charge in [0.05, 0.1) is 0 Å². The quantitative estimate of drug-likeness (QED) is 0.622. The van der Waals surface area contributed by atoms with Crippen molar-refractivity contribution >= 4 is 57.2 Å². The van der Waals surface area contributed by atoms with Crippen molar-refractivity contribution in [1.29, 1.82) is 0 Å². The molecule has 13 heavy (non-hydrogen) atoms. The lowest BCUT2D eigenvalue weighted by Crippen LogP contribution is -2.56. The van der Waals surface area contributed by atoms with Gasteiger partial charge in [0.25, 0.3) is 0 Å². The Kier molecular flexibility index (Phi) is 2.44. The number of hydrogen-bond donors (Lipinski definition) is 0. The van der Waals surface area contributed by atoms with E-state index in [1.54, 1.807) is 0 Å². The second-order valence-corrected chi connectivity index (χ2v) is 60.5. The molecule has 2 heterocycles. The van der Waals surface area contributed by atoms with Crippen LogP contribution >= 0.6 is 32.0 Å². The van der Waals surface area contributed by atoms with E-state index in [9.17, 15) is 0 Å². The van der Waals surface area contributed by atoms with Crippen LogP contribution in [0.3, 0.4) is 0 Å². The van der Waals surface area contributed by atoms with Gasteiger partial charge in [-0.3, -0.25) is 0 Å². The SMILES string of the molecule is C[Si]1(C)S[Si@@]2(C)S[Si@]1(C)S[Si]2(C)C. The van der Waals surface area contributed by atoms with Gasteiger partial charge in [-0.05, 0) is 0 Å². The fraction of sp³-hybridized carbons (Fsp3) is 1.00. The summed E-state index contributed by atoms with van der Waals surface area (Å²) in [5.74, 6) is -1.73. The molecule has 76 valence electrons. The van der Waals surface area contributed by atoms with Gasteiger partial charge in [0, 0.05) is 0 Å². The highest BCUT2D eigenvalue weighted by molar-refractivity contribution is 9.10. The minimum atomic E-state index is -0.863. The maximum absolute atomic E-state index is 2.68. The van der Waals surface area contributed by atoms with Crippen LogP contribution < -0.4 is 0 Å². The summed E-state index contributed by atoms with van der Waals surface area (Å²) >= 11 is 0. The van der Waals surface area contributed by atoms with E-state index in [1.807, 2.05) is 0 Å². The number of fused-ring (bicyclic) bond motifs is 2. The fourth-order valence-corrected chi connectivity index (χ4v) is 202. The van der Waals surface area contributed by atoms with Gasteiger partial charge in [-0.2, -0.15) is 32.0 Å². The third kappa shape index (κ3) is 1.37. The Hall–Kier alpha value is 1.92. The summed E-state index contributed by atoms with van der Waals surface area (Å²) in [6.07, 6.45) is 0. The molecule has 0 aromatic carbocycles. The van der Waals surface area contributed by atoms with Crippen molar-refractivity contribution in [1.82, 2.24) is 0 Å². The van der Waals surface area contributed by atoms with E-state index in [0.29, 0.717) is 0 Å². The second-order valence-electron chi connectivity index (χ2n) is 5.22. The standard InChI is InChI=1S/C6H18S3Si4/c1-10(2)7-13(6)9-12(10,5)8-11(13,3)4/h1-6H3/t12-,13-/m0/s1. The van der Waals surface area contributed by atoms with Crippen molar-refractivity contribution in [2.45, 2.75) is 39.3 Å². The number of hydrogen-bond acceptors (Lipinski definition) is 3. The van der Waals surface area contributed by atoms with Crippen LogP contribution in [-0.4, -0.2) is 25.3 Å². The number of rotatable bonds is 0. The largest absolute Gasteiger partial charge is 0.198 e. The zero-order valence-corrected chi connectivity index (χ0v) is 15.7. The molecule has 7 heteroatoms. The Morgan fingerprint density at radius 2 is 0.846 bits per heavy atom. The molecule has 0 spiro atoms. The summed E-state index contributed by atoms with van der Waals surface area (Å²) in [6.45, 7) is 14.3. The molecular formula is C6H18S3Si4. The van der Waals surface area contributed by atoms with E-state index >= 15 is 0 Å². The summed E-state index contributed by atoms with van der Waals surface area (Å²) < 4.78 is 0. The molecule has 0 aromatic heterocycles. The summed E-state index contributed by atoms with van der Waals surface area (Å²) in [4.78, 5) is 0. The first-order valence-corrected chi connectivity index (χ1v) is 24.5. The third-order valence-electron chi connectivity index (χ3n) is 3.48. The molecule has 2 aliphatic rings. The molecule has 0 aliphatic carbocycles. The molecule has 0 unspecified atom stereocenters. The summed E-state index contributed by atoms with van der Waals surface area (Å²) in [7, 11) is 7.72. The van der Waals surface area contributed by atoms with Crippen molar-refractivity contribution in [3.63, 3.8) is 0 Å². The summed E-state index contributed by atoms with van der Waals surface area (Å²) in [5.41, 5.74) is 0. The molecule has 2 fully saturated rings. The average molecular weight is 299 g/mol. The van der Waals surface area contributed by atoms with Crippen LogP contribution in [0.15, 0.2) is 0 Å². The Morgan fingerprint density at radius 1 is 0.538 bits per heavy atom. The topological polar surface area (TPSA) is 0 Å². The predicted molar refractivity (Wildman–Crippen MR) is 81.0 cm³/mol. The molecule has 0 N–H and O–H groups in total. The van der Waals surface area contributed by atoms with Gasteiger partial charge in [0.1, 0.15) is 13.5 Å². The predicted octanol–water partition coefficient (Wildman–Crippen LogP) is 3.92. The van der Waals surface area contributed by atoms with Gasteiger partial charge in [-0.25, -0.2) is 0 Å². The van der Waals surface area contributed by atoms with E-state index in [1.165, 1.54) is 0 Å². The highest BCUT2D eigenvalue weighted by atomic mass is 32.9. The van der Waals surface area contributed by atoms with Crippen LogP contribution in [0.2, 0.25) is 39.3 Å². The van der Waals surface area contributed by atoms with E-state index in [0.717, 1.165) is 0 Å². The lowest BCUT2D eigenvalue weighted by molar-refractivity contribution is 2.01. The van der Waals surface area contributed by atoms with Crippen LogP contribution in [0.5, 0.6) is 0 Å². The molecule has 0 aromatic rings. The van der Waals surface area contributed by atoms with Crippen molar-refractivity contribution < 1.29 is 0 Å². The second kappa shape index (κ2) is 2.78. The van der Waals surface area contributed by atoms with Crippen LogP contribution in [0.25, 0.3) is 0 Å². The molecule has 2 rings (SSSR count). The highest BCUT2D eigenvalue weighted by Crippen LogP contribution is 2.71. The van der Waals surface area contributed by atoms with Crippen LogP contribution in [0, 0.1) is 0 Å². The smallest absolute Gasteiger partial charge is 0.162 e. The van der Waals surface area contributed by atoms with E-state index in [4.69, 9.17) is 0 Å². The minimum absolute atomic E-state index is 0.827. The van der Waals surface area contributed by atoms with Crippen molar-refractivity contribution in [2.75, 3.05) is 0 Å². The zero-order valence-electron chi connectivity index (χ0n) is 9.22. The first-order valence-electron chi connectivity index (χ1n) is 4.72. The molecule has 2 aliphatic heterocycles. The molecule has 0 nitrogen and oxygen atoms in total. The Bertz CT molecular complexity index is 235. The lowest BCUT2D eigenvalue weighted by Gasteiger charge is -2.41. The summed E-state index contributed by atoms with van der Waals surface area (Å²) in [5, 5.41) is 0. The molecule has 2 atom stereocenters. The monoisotopic (exact) mass is 298 g/mol. The van der Waals surface area contributed by atoms with Crippen LogP contribution in [0.1, 0.15) is 0 Å². The van der Waals surface area contributed by atoms with Gasteiger partial charge in [-0.1, -0.05) is 39.3 Å². The van der Waals surface area contributed by atoms with Gasteiger partial charge in [-0.15, -0.1) is 0 Å². The Balaban J connectivity index is 2.44. The normalized spacial score (nSPS) is 51.2. The Morgan fingerprint density at radius 3 is 1.00 bits per heavy atom. The summed E-state index contributed by atoms with van der Waals surface area (Å²) in [6, 6.07) is 0. The molecular weight excluding hydrogens is 281 g/mol. The maximum Gasteiger partial charge on any atom is 0.162 e.